The van der Waals surface area contributed by atoms with Crippen LogP contribution in [-0.4, -0.2) is 46.1 Å². The molecule has 2 atom stereocenters. The van der Waals surface area contributed by atoms with Crippen LogP contribution in [0.25, 0.3) is 0 Å². The summed E-state index contributed by atoms with van der Waals surface area (Å²) in [4.78, 5) is 43.5. The number of phenolic OH excluding ortho intramolecular Hbond substituents is 1. The molecule has 0 bridgehead atoms. The van der Waals surface area contributed by atoms with Crippen LogP contribution in [0, 0.1) is 13.8 Å². The quantitative estimate of drug-likeness (QED) is 0.162. The first-order chi connectivity index (χ1) is 21.4. The number of hydrogen-bond acceptors (Lipinski definition) is 5. The Morgan fingerprint density at radius 1 is 0.844 bits per heavy atom. The van der Waals surface area contributed by atoms with E-state index in [1.54, 1.807) is 52.0 Å². The number of para-hydroxylation sites is 2. The van der Waals surface area contributed by atoms with E-state index < -0.39 is 35.6 Å². The Hall–Kier alpha value is -4.33. The van der Waals surface area contributed by atoms with E-state index in [4.69, 9.17) is 4.74 Å². The van der Waals surface area contributed by atoms with Crippen LogP contribution in [0.4, 0.5) is 10.5 Å². The summed E-state index contributed by atoms with van der Waals surface area (Å²) in [5, 5.41) is 17.1. The third kappa shape index (κ3) is 10.7. The van der Waals surface area contributed by atoms with Gasteiger partial charge in [0.15, 0.2) is 0 Å². The van der Waals surface area contributed by atoms with Gasteiger partial charge in [0.1, 0.15) is 23.4 Å². The Labute approximate surface area is 268 Å². The molecule has 8 nitrogen and oxygen atoms in total. The zero-order valence-electron chi connectivity index (χ0n) is 27.6. The van der Waals surface area contributed by atoms with Gasteiger partial charge < -0.3 is 25.4 Å². The average Bonchev–Trinajstić information content (AvgIpc) is 2.98. The molecule has 3 aromatic rings. The molecular weight excluding hydrogens is 566 g/mol. The van der Waals surface area contributed by atoms with Crippen LogP contribution in [0.15, 0.2) is 72.8 Å². The molecule has 3 amide bonds. The van der Waals surface area contributed by atoms with Gasteiger partial charge in [-0.05, 0) is 63.8 Å². The summed E-state index contributed by atoms with van der Waals surface area (Å²) in [6.07, 6.45) is 4.12. The summed E-state index contributed by atoms with van der Waals surface area (Å²) < 4.78 is 5.54. The van der Waals surface area contributed by atoms with Crippen LogP contribution in [-0.2, 0) is 20.7 Å². The first kappa shape index (κ1) is 35.2. The molecule has 45 heavy (non-hydrogen) atoms. The van der Waals surface area contributed by atoms with Gasteiger partial charge in [0.25, 0.3) is 5.91 Å². The minimum atomic E-state index is -1.16. The zero-order valence-corrected chi connectivity index (χ0v) is 27.6. The second-order valence-corrected chi connectivity index (χ2v) is 12.6. The maximum Gasteiger partial charge on any atom is 0.408 e. The maximum atomic E-state index is 14.7. The van der Waals surface area contributed by atoms with Gasteiger partial charge >= 0.3 is 6.09 Å². The van der Waals surface area contributed by atoms with E-state index in [0.717, 1.165) is 36.8 Å². The van der Waals surface area contributed by atoms with Crippen molar-refractivity contribution in [3.63, 3.8) is 0 Å². The highest BCUT2D eigenvalue weighted by molar-refractivity contribution is 5.99. The van der Waals surface area contributed by atoms with Gasteiger partial charge in [-0.2, -0.15) is 0 Å². The number of alkyl carbamates (subject to hydrolysis) is 1. The highest BCUT2D eigenvalue weighted by Gasteiger charge is 2.37. The van der Waals surface area contributed by atoms with E-state index in [9.17, 15) is 19.5 Å². The first-order valence-corrected chi connectivity index (χ1v) is 15.9. The summed E-state index contributed by atoms with van der Waals surface area (Å²) in [5.41, 5.74) is 2.45. The second kappa shape index (κ2) is 16.7. The number of unbranched alkanes of at least 4 members (excludes halogenated alkanes) is 4. The largest absolute Gasteiger partial charge is 0.507 e. The number of carbonyl (C=O) groups is 3. The van der Waals surface area contributed by atoms with Crippen LogP contribution in [0.3, 0.4) is 0 Å². The molecule has 242 valence electrons. The molecule has 3 N–H and O–H groups in total. The minimum Gasteiger partial charge on any atom is -0.507 e. The number of carbonyl (C=O) groups excluding carboxylic acids is 3. The lowest BCUT2D eigenvalue weighted by atomic mass is 9.97. The molecule has 8 heteroatoms. The molecule has 0 aliphatic heterocycles. The summed E-state index contributed by atoms with van der Waals surface area (Å²) >= 11 is 0. The predicted octanol–water partition coefficient (Wildman–Crippen LogP) is 7.62. The molecule has 3 rings (SSSR count). The van der Waals surface area contributed by atoms with E-state index in [0.29, 0.717) is 23.2 Å². The molecule has 2 unspecified atom stereocenters. The van der Waals surface area contributed by atoms with Crippen molar-refractivity contribution in [2.24, 2.45) is 0 Å². The first-order valence-electron chi connectivity index (χ1n) is 15.9. The topological polar surface area (TPSA) is 108 Å². The molecule has 0 fully saturated rings. The molecule has 0 saturated heterocycles. The lowest BCUT2D eigenvalue weighted by Crippen LogP contribution is -2.53. The van der Waals surface area contributed by atoms with Crippen LogP contribution in [0.2, 0.25) is 0 Å². The molecular formula is C37H49N3O5. The van der Waals surface area contributed by atoms with Crippen LogP contribution >= 0.6 is 0 Å². The number of aryl methyl sites for hydroxylation is 2. The molecule has 0 spiro atoms. The Balaban J connectivity index is 2.10. The van der Waals surface area contributed by atoms with Crippen LogP contribution in [0.1, 0.15) is 88.1 Å². The van der Waals surface area contributed by atoms with Crippen LogP contribution in [0.5, 0.6) is 5.75 Å². The Morgan fingerprint density at radius 3 is 2.16 bits per heavy atom. The smallest absolute Gasteiger partial charge is 0.408 e. The molecule has 3 aromatic carbocycles. The number of hydrogen-bond donors (Lipinski definition) is 3. The molecule has 0 aliphatic carbocycles. The van der Waals surface area contributed by atoms with E-state index in [1.165, 1.54) is 4.90 Å². The number of ether oxygens (including phenoxy) is 1. The molecule has 0 radical (unpaired) electrons. The second-order valence-electron chi connectivity index (χ2n) is 12.6. The molecule has 0 aliphatic rings. The normalized spacial score (nSPS) is 12.6. The zero-order chi connectivity index (χ0) is 33.0. The Kier molecular flexibility index (Phi) is 13.0. The van der Waals surface area contributed by atoms with Crippen molar-refractivity contribution in [3.8, 4) is 5.75 Å². The number of nitrogens with one attached hydrogen (secondary N) is 2. The van der Waals surface area contributed by atoms with Crippen molar-refractivity contribution >= 4 is 23.6 Å². The number of amides is 3. The van der Waals surface area contributed by atoms with E-state index in [1.807, 2.05) is 55.5 Å². The number of rotatable bonds is 14. The third-order valence-corrected chi connectivity index (χ3v) is 7.58. The fourth-order valence-electron chi connectivity index (χ4n) is 5.22. The standard InChI is InChI=1S/C37H49N3O5/c1-7-8-9-10-16-24-40(35(43)31(25-28-20-12-11-13-21-28)39-36(44)45-37(4,5)6)32(29-22-17-19-27(3)33(29)41)34(42)38-30-23-15-14-18-26(30)2/h11-15,17-23,31-32,41H,7-10,16,24-25H2,1-6H3,(H,38,42)(H,39,44). The predicted molar refractivity (Wildman–Crippen MR) is 179 cm³/mol. The van der Waals surface area contributed by atoms with Crippen LogP contribution < -0.4 is 10.6 Å². The van der Waals surface area contributed by atoms with Gasteiger partial charge in [-0.3, -0.25) is 9.59 Å². The molecule has 0 saturated carbocycles. The molecule has 0 aromatic heterocycles. The number of benzene rings is 3. The van der Waals surface area contributed by atoms with E-state index >= 15 is 0 Å². The van der Waals surface area contributed by atoms with E-state index in [-0.39, 0.29) is 18.7 Å². The number of anilines is 1. The lowest BCUT2D eigenvalue weighted by Gasteiger charge is -2.35. The minimum absolute atomic E-state index is 0.0501. The van der Waals surface area contributed by atoms with Crippen molar-refractivity contribution in [1.29, 1.82) is 0 Å². The van der Waals surface area contributed by atoms with Crippen molar-refractivity contribution in [2.45, 2.75) is 97.8 Å². The number of aromatic hydroxyl groups is 1. The summed E-state index contributed by atoms with van der Waals surface area (Å²) in [6, 6.07) is 19.8. The van der Waals surface area contributed by atoms with Crippen molar-refractivity contribution in [3.05, 3.63) is 95.1 Å². The summed E-state index contributed by atoms with van der Waals surface area (Å²) in [6.45, 7) is 11.3. The summed E-state index contributed by atoms with van der Waals surface area (Å²) in [5.74, 6) is -0.945. The SMILES string of the molecule is CCCCCCCN(C(=O)C(Cc1ccccc1)NC(=O)OC(C)(C)C)C(C(=O)Nc1ccccc1C)c1cccc(C)c1O. The van der Waals surface area contributed by atoms with Gasteiger partial charge in [-0.15, -0.1) is 0 Å². The van der Waals surface area contributed by atoms with Crippen molar-refractivity contribution < 1.29 is 24.2 Å². The molecule has 0 heterocycles. The average molecular weight is 616 g/mol. The third-order valence-electron chi connectivity index (χ3n) is 7.58. The Bertz CT molecular complexity index is 1420. The van der Waals surface area contributed by atoms with Crippen molar-refractivity contribution in [2.75, 3.05) is 11.9 Å². The Morgan fingerprint density at radius 2 is 1.49 bits per heavy atom. The fourth-order valence-corrected chi connectivity index (χ4v) is 5.22. The van der Waals surface area contributed by atoms with Crippen molar-refractivity contribution in [1.82, 2.24) is 10.2 Å². The summed E-state index contributed by atoms with van der Waals surface area (Å²) in [7, 11) is 0. The lowest BCUT2D eigenvalue weighted by molar-refractivity contribution is -0.141. The van der Waals surface area contributed by atoms with Gasteiger partial charge in [-0.1, -0.05) is 99.3 Å². The van der Waals surface area contributed by atoms with Gasteiger partial charge in [0.2, 0.25) is 5.91 Å². The highest BCUT2D eigenvalue weighted by Crippen LogP contribution is 2.34. The van der Waals surface area contributed by atoms with Gasteiger partial charge in [0, 0.05) is 24.2 Å². The monoisotopic (exact) mass is 615 g/mol. The number of nitrogens with zero attached hydrogens (tertiary/aromatic N) is 1. The number of phenols is 1. The highest BCUT2D eigenvalue weighted by atomic mass is 16.6. The van der Waals surface area contributed by atoms with Gasteiger partial charge in [0.05, 0.1) is 0 Å². The van der Waals surface area contributed by atoms with Gasteiger partial charge in [-0.25, -0.2) is 4.79 Å². The fraction of sp³-hybridized carbons (Fsp3) is 0.432. The maximum absolute atomic E-state index is 14.7. The van der Waals surface area contributed by atoms with E-state index in [2.05, 4.69) is 17.6 Å².